The lowest BCUT2D eigenvalue weighted by Crippen LogP contribution is -2.44. The number of benzene rings is 1. The minimum absolute atomic E-state index is 0.0101. The molecule has 6 nitrogen and oxygen atoms in total. The summed E-state index contributed by atoms with van der Waals surface area (Å²) in [7, 11) is 0. The van der Waals surface area contributed by atoms with Gasteiger partial charge in [0.2, 0.25) is 5.96 Å². The minimum atomic E-state index is -0.255. The van der Waals surface area contributed by atoms with Crippen molar-refractivity contribution < 1.29 is 9.90 Å². The van der Waals surface area contributed by atoms with Gasteiger partial charge in [-0.05, 0) is 42.2 Å². The van der Waals surface area contributed by atoms with Crippen molar-refractivity contribution in [3.63, 3.8) is 0 Å². The van der Waals surface area contributed by atoms with Crippen LogP contribution in [0.3, 0.4) is 0 Å². The second-order valence-corrected chi connectivity index (χ2v) is 6.55. The van der Waals surface area contributed by atoms with E-state index in [0.29, 0.717) is 17.6 Å². The lowest BCUT2D eigenvalue weighted by Gasteiger charge is -2.18. The van der Waals surface area contributed by atoms with Crippen LogP contribution in [0.25, 0.3) is 17.0 Å². The van der Waals surface area contributed by atoms with Gasteiger partial charge in [-0.1, -0.05) is 26.0 Å². The number of fused-ring (bicyclic) bond motifs is 1. The fraction of sp³-hybridized carbons (Fsp3) is 0.316. The largest absolute Gasteiger partial charge is 0.394 e. The first-order valence-corrected chi connectivity index (χ1v) is 8.39. The number of aliphatic hydroxyl groups is 1. The summed E-state index contributed by atoms with van der Waals surface area (Å²) in [6.07, 6.45) is 4.29. The molecule has 2 heterocycles. The number of nitrogens with one attached hydrogen (secondary N) is 2. The lowest BCUT2D eigenvalue weighted by molar-refractivity contribution is -0.115. The molecule has 1 aromatic heterocycles. The summed E-state index contributed by atoms with van der Waals surface area (Å²) < 4.78 is 0. The van der Waals surface area contributed by atoms with Gasteiger partial charge in [0.05, 0.1) is 18.2 Å². The standard InChI is InChI=1S/C19H22N4O2/c1-12(2)8-15(11-24)21-19-22-17(18(25)23-19)10-13-5-6-16-14(9-13)4-3-7-20-16/h3-7,9-10,12,15,24H,8,11H2,1-2H3,(H2,21,22,23,25)/b17-10-/t15-/m1/s1. The van der Waals surface area contributed by atoms with Gasteiger partial charge in [0.25, 0.3) is 5.91 Å². The van der Waals surface area contributed by atoms with Crippen LogP contribution in [0.4, 0.5) is 0 Å². The highest BCUT2D eigenvalue weighted by atomic mass is 16.3. The van der Waals surface area contributed by atoms with E-state index in [0.717, 1.165) is 22.9 Å². The minimum Gasteiger partial charge on any atom is -0.394 e. The Balaban J connectivity index is 1.79. The second kappa shape index (κ2) is 7.44. The first-order valence-electron chi connectivity index (χ1n) is 8.39. The number of pyridine rings is 1. The van der Waals surface area contributed by atoms with Gasteiger partial charge in [0.1, 0.15) is 5.70 Å². The number of nitrogens with zero attached hydrogens (tertiary/aromatic N) is 2. The highest BCUT2D eigenvalue weighted by molar-refractivity contribution is 6.13. The fourth-order valence-corrected chi connectivity index (χ4v) is 2.82. The van der Waals surface area contributed by atoms with E-state index < -0.39 is 0 Å². The number of carbonyl (C=O) groups excluding carboxylic acids is 1. The van der Waals surface area contributed by atoms with E-state index in [1.54, 1.807) is 12.3 Å². The Labute approximate surface area is 146 Å². The third kappa shape index (κ3) is 4.22. The normalized spacial score (nSPS) is 17.0. The Morgan fingerprint density at radius 3 is 2.92 bits per heavy atom. The van der Waals surface area contributed by atoms with Crippen LogP contribution in [0.2, 0.25) is 0 Å². The molecule has 0 spiro atoms. The third-order valence-corrected chi connectivity index (χ3v) is 3.94. The zero-order chi connectivity index (χ0) is 17.8. The van der Waals surface area contributed by atoms with Gasteiger partial charge < -0.3 is 10.4 Å². The van der Waals surface area contributed by atoms with Crippen LogP contribution in [0.1, 0.15) is 25.8 Å². The Morgan fingerprint density at radius 2 is 2.16 bits per heavy atom. The molecule has 6 heteroatoms. The molecule has 130 valence electrons. The highest BCUT2D eigenvalue weighted by Gasteiger charge is 2.22. The van der Waals surface area contributed by atoms with Crippen LogP contribution in [0, 0.1) is 5.92 Å². The molecule has 1 amide bonds. The monoisotopic (exact) mass is 338 g/mol. The number of hydrogen-bond acceptors (Lipinski definition) is 5. The topological polar surface area (TPSA) is 86.6 Å². The molecular weight excluding hydrogens is 316 g/mol. The summed E-state index contributed by atoms with van der Waals surface area (Å²) in [4.78, 5) is 20.7. The molecule has 1 aromatic carbocycles. The van der Waals surface area contributed by atoms with Crippen molar-refractivity contribution in [2.24, 2.45) is 10.9 Å². The molecule has 25 heavy (non-hydrogen) atoms. The molecule has 0 fully saturated rings. The third-order valence-electron chi connectivity index (χ3n) is 3.94. The molecule has 0 radical (unpaired) electrons. The molecule has 0 saturated carbocycles. The molecule has 0 aliphatic carbocycles. The number of aliphatic hydroxyl groups excluding tert-OH is 1. The average molecular weight is 338 g/mol. The number of guanidine groups is 1. The summed E-state index contributed by atoms with van der Waals surface area (Å²) in [5, 5.41) is 16.3. The van der Waals surface area contributed by atoms with Crippen molar-refractivity contribution in [2.45, 2.75) is 26.3 Å². The number of carbonyl (C=O) groups is 1. The predicted molar refractivity (Wildman–Crippen MR) is 98.8 cm³/mol. The van der Waals surface area contributed by atoms with Gasteiger partial charge in [0, 0.05) is 11.6 Å². The molecular formula is C19H22N4O2. The van der Waals surface area contributed by atoms with E-state index in [2.05, 4.69) is 34.5 Å². The van der Waals surface area contributed by atoms with Crippen LogP contribution in [-0.2, 0) is 4.79 Å². The predicted octanol–water partition coefficient (Wildman–Crippen LogP) is 2.06. The van der Waals surface area contributed by atoms with E-state index >= 15 is 0 Å². The van der Waals surface area contributed by atoms with Crippen molar-refractivity contribution in [3.05, 3.63) is 47.8 Å². The van der Waals surface area contributed by atoms with E-state index in [1.165, 1.54) is 0 Å². The molecule has 2 aromatic rings. The van der Waals surface area contributed by atoms with Crippen molar-refractivity contribution in [1.29, 1.82) is 0 Å². The van der Waals surface area contributed by atoms with E-state index in [9.17, 15) is 9.90 Å². The Hall–Kier alpha value is -2.73. The van der Waals surface area contributed by atoms with Gasteiger partial charge in [-0.2, -0.15) is 0 Å². The Morgan fingerprint density at radius 1 is 1.32 bits per heavy atom. The smallest absolute Gasteiger partial charge is 0.276 e. The van der Waals surface area contributed by atoms with Crippen molar-refractivity contribution in [3.8, 4) is 0 Å². The SMILES string of the molecule is CC(C)C[C@H](CO)NC1=N/C(=C\c2ccc3ncccc3c2)C(=O)N1. The Kier molecular flexibility index (Phi) is 5.09. The summed E-state index contributed by atoms with van der Waals surface area (Å²) in [6, 6.07) is 9.52. The van der Waals surface area contributed by atoms with E-state index in [1.807, 2.05) is 30.3 Å². The lowest BCUT2D eigenvalue weighted by atomic mass is 10.0. The summed E-state index contributed by atoms with van der Waals surface area (Å²) in [5.74, 6) is 0.567. The molecule has 1 aliphatic rings. The van der Waals surface area contributed by atoms with Crippen LogP contribution in [0.15, 0.2) is 47.2 Å². The van der Waals surface area contributed by atoms with Gasteiger partial charge in [-0.3, -0.25) is 15.1 Å². The van der Waals surface area contributed by atoms with E-state index in [4.69, 9.17) is 0 Å². The quantitative estimate of drug-likeness (QED) is 0.728. The first kappa shape index (κ1) is 17.1. The van der Waals surface area contributed by atoms with Crippen molar-refractivity contribution in [2.75, 3.05) is 6.61 Å². The Bertz CT molecular complexity index is 842. The molecule has 3 rings (SSSR count). The second-order valence-electron chi connectivity index (χ2n) is 6.55. The molecule has 1 aliphatic heterocycles. The zero-order valence-electron chi connectivity index (χ0n) is 14.4. The number of rotatable bonds is 5. The van der Waals surface area contributed by atoms with Crippen LogP contribution in [-0.4, -0.2) is 34.6 Å². The van der Waals surface area contributed by atoms with Gasteiger partial charge in [-0.25, -0.2) is 4.99 Å². The number of aliphatic imine (C=N–C) groups is 1. The fourth-order valence-electron chi connectivity index (χ4n) is 2.82. The van der Waals surface area contributed by atoms with Gasteiger partial charge in [-0.15, -0.1) is 0 Å². The summed E-state index contributed by atoms with van der Waals surface area (Å²) >= 11 is 0. The molecule has 1 atom stereocenters. The average Bonchev–Trinajstić information content (AvgIpc) is 2.93. The number of hydrogen-bond donors (Lipinski definition) is 3. The van der Waals surface area contributed by atoms with Crippen LogP contribution in [0.5, 0.6) is 0 Å². The molecule has 0 bridgehead atoms. The summed E-state index contributed by atoms with van der Waals surface area (Å²) in [5.41, 5.74) is 2.13. The number of aromatic nitrogens is 1. The van der Waals surface area contributed by atoms with Gasteiger partial charge in [0.15, 0.2) is 0 Å². The molecule has 3 N–H and O–H groups in total. The first-order chi connectivity index (χ1) is 12.0. The maximum Gasteiger partial charge on any atom is 0.276 e. The number of amides is 1. The van der Waals surface area contributed by atoms with Crippen LogP contribution < -0.4 is 10.6 Å². The van der Waals surface area contributed by atoms with E-state index in [-0.39, 0.29) is 18.6 Å². The van der Waals surface area contributed by atoms with Crippen LogP contribution >= 0.6 is 0 Å². The highest BCUT2D eigenvalue weighted by Crippen LogP contribution is 2.17. The maximum absolute atomic E-state index is 12.1. The molecule has 0 unspecified atom stereocenters. The van der Waals surface area contributed by atoms with Crippen molar-refractivity contribution >= 4 is 28.8 Å². The summed E-state index contributed by atoms with van der Waals surface area (Å²) in [6.45, 7) is 4.16. The zero-order valence-corrected chi connectivity index (χ0v) is 14.4. The maximum atomic E-state index is 12.1. The molecule has 0 saturated heterocycles. The van der Waals surface area contributed by atoms with Crippen molar-refractivity contribution in [1.82, 2.24) is 15.6 Å². The van der Waals surface area contributed by atoms with Gasteiger partial charge >= 0.3 is 0 Å².